The minimum atomic E-state index is -0.0567. The van der Waals surface area contributed by atoms with Crippen LogP contribution in [0, 0.1) is 0 Å². The van der Waals surface area contributed by atoms with Gasteiger partial charge in [0.25, 0.3) is 0 Å². The minimum absolute atomic E-state index is 0.0567. The van der Waals surface area contributed by atoms with Gasteiger partial charge in [0.1, 0.15) is 5.75 Å². The SMILES string of the molecule is C[C@@H](N)c1ccc(OCc2ncon2)c(Cl)c1. The van der Waals surface area contributed by atoms with Crippen molar-refractivity contribution < 1.29 is 9.26 Å². The number of halogens is 1. The first-order valence-corrected chi connectivity index (χ1v) is 5.47. The molecule has 0 radical (unpaired) electrons. The molecule has 0 fully saturated rings. The standard InChI is InChI=1S/C11H12ClN3O2/c1-7(13)8-2-3-10(9(12)4-8)16-5-11-14-6-17-15-11/h2-4,6-7H,5,13H2,1H3/t7-/m1/s1. The van der Waals surface area contributed by atoms with Crippen LogP contribution in [0.25, 0.3) is 0 Å². The van der Waals surface area contributed by atoms with E-state index in [1.807, 2.05) is 13.0 Å². The Morgan fingerprint density at radius 1 is 1.53 bits per heavy atom. The van der Waals surface area contributed by atoms with Crippen LogP contribution in [0.2, 0.25) is 5.02 Å². The topological polar surface area (TPSA) is 74.2 Å². The second kappa shape index (κ2) is 5.16. The molecule has 1 heterocycles. The van der Waals surface area contributed by atoms with Crippen LogP contribution in [0.4, 0.5) is 0 Å². The summed E-state index contributed by atoms with van der Waals surface area (Å²) in [6.45, 7) is 2.11. The molecule has 6 heteroatoms. The van der Waals surface area contributed by atoms with Gasteiger partial charge in [0.2, 0.25) is 12.2 Å². The normalized spacial score (nSPS) is 12.4. The van der Waals surface area contributed by atoms with Gasteiger partial charge in [-0.05, 0) is 24.6 Å². The summed E-state index contributed by atoms with van der Waals surface area (Å²) < 4.78 is 10.1. The molecule has 90 valence electrons. The summed E-state index contributed by atoms with van der Waals surface area (Å²) in [6.07, 6.45) is 1.25. The fourth-order valence-corrected chi connectivity index (χ4v) is 1.56. The summed E-state index contributed by atoms with van der Waals surface area (Å²) >= 11 is 6.07. The Morgan fingerprint density at radius 3 is 2.94 bits per heavy atom. The van der Waals surface area contributed by atoms with E-state index in [4.69, 9.17) is 22.1 Å². The van der Waals surface area contributed by atoms with Crippen LogP contribution in [0.1, 0.15) is 24.4 Å². The van der Waals surface area contributed by atoms with E-state index in [-0.39, 0.29) is 12.6 Å². The van der Waals surface area contributed by atoms with Crippen molar-refractivity contribution in [2.75, 3.05) is 0 Å². The molecule has 2 N–H and O–H groups in total. The van der Waals surface area contributed by atoms with Crippen LogP contribution in [0.5, 0.6) is 5.75 Å². The maximum atomic E-state index is 6.07. The van der Waals surface area contributed by atoms with Crippen molar-refractivity contribution in [2.45, 2.75) is 19.6 Å². The second-order valence-electron chi connectivity index (χ2n) is 3.61. The molecule has 0 saturated carbocycles. The first-order chi connectivity index (χ1) is 8.16. The average molecular weight is 254 g/mol. The van der Waals surface area contributed by atoms with Crippen LogP contribution in [-0.2, 0) is 6.61 Å². The molecule has 1 aromatic carbocycles. The molecular weight excluding hydrogens is 242 g/mol. The molecule has 0 unspecified atom stereocenters. The molecule has 0 aliphatic carbocycles. The fourth-order valence-electron chi connectivity index (χ4n) is 1.32. The van der Waals surface area contributed by atoms with Crippen molar-refractivity contribution in [3.63, 3.8) is 0 Å². The molecule has 0 bridgehead atoms. The van der Waals surface area contributed by atoms with E-state index in [0.717, 1.165) is 5.56 Å². The van der Waals surface area contributed by atoms with Crippen LogP contribution in [0.3, 0.4) is 0 Å². The average Bonchev–Trinajstić information content (AvgIpc) is 2.80. The number of benzene rings is 1. The number of rotatable bonds is 4. The molecule has 0 amide bonds. The van der Waals surface area contributed by atoms with Crippen LogP contribution >= 0.6 is 11.6 Å². The Balaban J connectivity index is 2.06. The second-order valence-corrected chi connectivity index (χ2v) is 4.02. The van der Waals surface area contributed by atoms with Crippen LogP contribution in [-0.4, -0.2) is 10.1 Å². The smallest absolute Gasteiger partial charge is 0.213 e. The molecule has 0 saturated heterocycles. The van der Waals surface area contributed by atoms with Crippen molar-refractivity contribution >= 4 is 11.6 Å². The Kier molecular flexibility index (Phi) is 3.61. The molecule has 0 aliphatic heterocycles. The van der Waals surface area contributed by atoms with Crippen molar-refractivity contribution in [3.05, 3.63) is 41.0 Å². The highest BCUT2D eigenvalue weighted by atomic mass is 35.5. The van der Waals surface area contributed by atoms with E-state index in [1.54, 1.807) is 12.1 Å². The molecule has 2 rings (SSSR count). The third-order valence-corrected chi connectivity index (χ3v) is 2.54. The van der Waals surface area contributed by atoms with E-state index in [2.05, 4.69) is 14.7 Å². The van der Waals surface area contributed by atoms with Gasteiger partial charge in [-0.25, -0.2) is 0 Å². The molecule has 17 heavy (non-hydrogen) atoms. The highest BCUT2D eigenvalue weighted by Crippen LogP contribution is 2.27. The van der Waals surface area contributed by atoms with E-state index in [0.29, 0.717) is 16.6 Å². The number of aromatic nitrogens is 2. The number of nitrogens with zero attached hydrogens (tertiary/aromatic N) is 2. The Labute approximate surface area is 104 Å². The summed E-state index contributed by atoms with van der Waals surface area (Å²) in [4.78, 5) is 3.84. The number of hydrogen-bond acceptors (Lipinski definition) is 5. The lowest BCUT2D eigenvalue weighted by molar-refractivity contribution is 0.286. The van der Waals surface area contributed by atoms with Crippen LogP contribution < -0.4 is 10.5 Å². The molecule has 0 spiro atoms. The van der Waals surface area contributed by atoms with E-state index in [9.17, 15) is 0 Å². The van der Waals surface area contributed by atoms with Gasteiger partial charge in [-0.3, -0.25) is 0 Å². The monoisotopic (exact) mass is 253 g/mol. The molecule has 1 atom stereocenters. The maximum Gasteiger partial charge on any atom is 0.213 e. The highest BCUT2D eigenvalue weighted by Gasteiger charge is 2.07. The van der Waals surface area contributed by atoms with Gasteiger partial charge in [0, 0.05) is 6.04 Å². The van der Waals surface area contributed by atoms with Gasteiger partial charge in [0.15, 0.2) is 6.61 Å². The summed E-state index contributed by atoms with van der Waals surface area (Å²) in [6, 6.07) is 5.39. The molecule has 2 aromatic rings. The van der Waals surface area contributed by atoms with E-state index in [1.165, 1.54) is 6.39 Å². The molecule has 1 aromatic heterocycles. The Morgan fingerprint density at radius 2 is 2.35 bits per heavy atom. The van der Waals surface area contributed by atoms with E-state index >= 15 is 0 Å². The zero-order chi connectivity index (χ0) is 12.3. The van der Waals surface area contributed by atoms with Crippen molar-refractivity contribution in [3.8, 4) is 5.75 Å². The molecule has 0 aliphatic rings. The van der Waals surface area contributed by atoms with Gasteiger partial charge in [-0.2, -0.15) is 4.98 Å². The summed E-state index contributed by atoms with van der Waals surface area (Å²) in [5.74, 6) is 1.04. The summed E-state index contributed by atoms with van der Waals surface area (Å²) in [7, 11) is 0. The largest absolute Gasteiger partial charge is 0.484 e. The first-order valence-electron chi connectivity index (χ1n) is 5.10. The Bertz CT molecular complexity index is 485. The van der Waals surface area contributed by atoms with Crippen molar-refractivity contribution in [1.82, 2.24) is 10.1 Å². The lowest BCUT2D eigenvalue weighted by atomic mass is 10.1. The summed E-state index contributed by atoms with van der Waals surface area (Å²) in [5, 5.41) is 4.15. The minimum Gasteiger partial charge on any atom is -0.484 e. The third kappa shape index (κ3) is 2.95. The predicted octanol–water partition coefficient (Wildman–Crippen LogP) is 2.32. The third-order valence-electron chi connectivity index (χ3n) is 2.25. The zero-order valence-corrected chi connectivity index (χ0v) is 10.0. The predicted molar refractivity (Wildman–Crippen MR) is 62.7 cm³/mol. The summed E-state index contributed by atoms with van der Waals surface area (Å²) in [5.41, 5.74) is 6.71. The van der Waals surface area contributed by atoms with Gasteiger partial charge in [0.05, 0.1) is 5.02 Å². The quantitative estimate of drug-likeness (QED) is 0.905. The lowest BCUT2D eigenvalue weighted by Gasteiger charge is -2.09. The number of hydrogen-bond donors (Lipinski definition) is 1. The Hall–Kier alpha value is -1.59. The van der Waals surface area contributed by atoms with Crippen molar-refractivity contribution in [2.24, 2.45) is 5.73 Å². The fraction of sp³-hybridized carbons (Fsp3) is 0.273. The maximum absolute atomic E-state index is 6.07. The lowest BCUT2D eigenvalue weighted by Crippen LogP contribution is -2.05. The molecule has 5 nitrogen and oxygen atoms in total. The van der Waals surface area contributed by atoms with Gasteiger partial charge in [-0.1, -0.05) is 22.8 Å². The number of ether oxygens (including phenoxy) is 1. The molecular formula is C11H12ClN3O2. The van der Waals surface area contributed by atoms with Gasteiger partial charge < -0.3 is 15.0 Å². The highest BCUT2D eigenvalue weighted by molar-refractivity contribution is 6.32. The van der Waals surface area contributed by atoms with Gasteiger partial charge in [-0.15, -0.1) is 0 Å². The zero-order valence-electron chi connectivity index (χ0n) is 9.26. The van der Waals surface area contributed by atoms with Gasteiger partial charge >= 0.3 is 0 Å². The first kappa shape index (κ1) is 11.9. The number of nitrogens with two attached hydrogens (primary N) is 1. The van der Waals surface area contributed by atoms with Crippen molar-refractivity contribution in [1.29, 1.82) is 0 Å². The van der Waals surface area contributed by atoms with E-state index < -0.39 is 0 Å². The van der Waals surface area contributed by atoms with Crippen LogP contribution in [0.15, 0.2) is 29.1 Å².